The minimum Gasteiger partial charge on any atom is -0.378 e. The van der Waals surface area contributed by atoms with Crippen LogP contribution in [0.25, 0.3) is 0 Å². The van der Waals surface area contributed by atoms with Gasteiger partial charge in [0.25, 0.3) is 5.91 Å². The van der Waals surface area contributed by atoms with Gasteiger partial charge in [-0.3, -0.25) is 9.69 Å². The lowest BCUT2D eigenvalue weighted by atomic mass is 10.4. The molecule has 1 amide bonds. The average Bonchev–Trinajstić information content (AvgIpc) is 3.04. The third-order valence-electron chi connectivity index (χ3n) is 2.46. The summed E-state index contributed by atoms with van der Waals surface area (Å²) >= 11 is 2.14. The molecule has 0 saturated heterocycles. The molecule has 0 aromatic carbocycles. The Kier molecular flexibility index (Phi) is 5.14. The SMILES string of the molecule is COCc1nc(C(=O)N(CC(F)(F)F)c2nc(C)cs2)cs1. The fourth-order valence-corrected chi connectivity index (χ4v) is 3.15. The number of carbonyl (C=O) groups excluding carboxylic acids is 1. The molecule has 0 aliphatic heterocycles. The van der Waals surface area contributed by atoms with E-state index in [4.69, 9.17) is 4.74 Å². The molecule has 2 aromatic rings. The summed E-state index contributed by atoms with van der Waals surface area (Å²) in [6.45, 7) is 0.444. The molecule has 0 radical (unpaired) electrons. The Hall–Kier alpha value is -1.52. The summed E-state index contributed by atoms with van der Waals surface area (Å²) < 4.78 is 43.1. The van der Waals surface area contributed by atoms with Gasteiger partial charge in [-0.1, -0.05) is 0 Å². The third-order valence-corrected chi connectivity index (χ3v) is 4.26. The van der Waals surface area contributed by atoms with Crippen molar-refractivity contribution in [3.8, 4) is 0 Å². The van der Waals surface area contributed by atoms with Crippen molar-refractivity contribution in [2.45, 2.75) is 19.7 Å². The summed E-state index contributed by atoms with van der Waals surface area (Å²) in [7, 11) is 1.47. The van der Waals surface area contributed by atoms with Crippen molar-refractivity contribution in [1.29, 1.82) is 0 Å². The van der Waals surface area contributed by atoms with E-state index in [2.05, 4.69) is 9.97 Å². The highest BCUT2D eigenvalue weighted by atomic mass is 32.1. The van der Waals surface area contributed by atoms with Crippen LogP contribution in [-0.4, -0.2) is 35.7 Å². The minimum absolute atomic E-state index is 0.00103. The number of aryl methyl sites for hydroxylation is 1. The summed E-state index contributed by atoms with van der Waals surface area (Å²) in [5, 5.41) is 3.53. The first kappa shape index (κ1) is 16.8. The number of anilines is 1. The van der Waals surface area contributed by atoms with E-state index in [1.807, 2.05) is 0 Å². The highest BCUT2D eigenvalue weighted by Crippen LogP contribution is 2.27. The zero-order valence-corrected chi connectivity index (χ0v) is 13.3. The first-order valence-corrected chi connectivity index (χ1v) is 7.80. The molecule has 0 saturated carbocycles. The maximum atomic E-state index is 12.7. The van der Waals surface area contributed by atoms with Gasteiger partial charge in [-0.2, -0.15) is 13.2 Å². The van der Waals surface area contributed by atoms with Gasteiger partial charge in [-0.15, -0.1) is 22.7 Å². The molecule has 0 atom stereocenters. The molecule has 22 heavy (non-hydrogen) atoms. The van der Waals surface area contributed by atoms with Crippen molar-refractivity contribution < 1.29 is 22.7 Å². The molecule has 5 nitrogen and oxygen atoms in total. The van der Waals surface area contributed by atoms with Crippen molar-refractivity contribution in [2.24, 2.45) is 0 Å². The Morgan fingerprint density at radius 1 is 1.32 bits per heavy atom. The molecule has 0 fully saturated rings. The second-order valence-corrected chi connectivity index (χ2v) is 6.12. The molecule has 0 unspecified atom stereocenters. The Bertz CT molecular complexity index is 654. The molecule has 2 aromatic heterocycles. The topological polar surface area (TPSA) is 55.3 Å². The normalized spacial score (nSPS) is 11.7. The average molecular weight is 351 g/mol. The summed E-state index contributed by atoms with van der Waals surface area (Å²) in [6, 6.07) is 0. The van der Waals surface area contributed by atoms with Crippen molar-refractivity contribution in [1.82, 2.24) is 9.97 Å². The standard InChI is InChI=1S/C12H12F3N3O2S2/c1-7-4-22-11(16-7)18(6-12(13,14)15)10(19)8-5-21-9(17-8)3-20-2/h4-5H,3,6H2,1-2H3. The molecule has 10 heteroatoms. The molecule has 0 spiro atoms. The fourth-order valence-electron chi connectivity index (χ4n) is 1.61. The van der Waals surface area contributed by atoms with Crippen LogP contribution in [0.1, 0.15) is 21.2 Å². The van der Waals surface area contributed by atoms with Crippen LogP contribution in [0.15, 0.2) is 10.8 Å². The highest BCUT2D eigenvalue weighted by Gasteiger charge is 2.36. The second-order valence-electron chi connectivity index (χ2n) is 4.34. The van der Waals surface area contributed by atoms with Gasteiger partial charge in [0.2, 0.25) is 0 Å². The van der Waals surface area contributed by atoms with E-state index < -0.39 is 18.6 Å². The van der Waals surface area contributed by atoms with Crippen molar-refractivity contribution in [3.05, 3.63) is 27.2 Å². The maximum absolute atomic E-state index is 12.7. The number of nitrogens with zero attached hydrogens (tertiary/aromatic N) is 3. The van der Waals surface area contributed by atoms with Gasteiger partial charge in [0.05, 0.1) is 12.3 Å². The van der Waals surface area contributed by atoms with Gasteiger partial charge in [0, 0.05) is 17.9 Å². The molecule has 0 bridgehead atoms. The summed E-state index contributed by atoms with van der Waals surface area (Å²) in [6.07, 6.45) is -4.53. The molecule has 0 aliphatic rings. The van der Waals surface area contributed by atoms with E-state index in [9.17, 15) is 18.0 Å². The zero-order chi connectivity index (χ0) is 16.3. The Balaban J connectivity index is 2.28. The second kappa shape index (κ2) is 6.71. The smallest absolute Gasteiger partial charge is 0.378 e. The molecular weight excluding hydrogens is 339 g/mol. The largest absolute Gasteiger partial charge is 0.406 e. The van der Waals surface area contributed by atoms with Crippen LogP contribution in [-0.2, 0) is 11.3 Å². The van der Waals surface area contributed by atoms with E-state index in [-0.39, 0.29) is 17.4 Å². The minimum atomic E-state index is -4.53. The molecule has 2 heterocycles. The summed E-state index contributed by atoms with van der Waals surface area (Å²) in [5.41, 5.74) is 0.507. The lowest BCUT2D eigenvalue weighted by Gasteiger charge is -2.20. The zero-order valence-electron chi connectivity index (χ0n) is 11.7. The number of rotatable bonds is 5. The molecule has 120 valence electrons. The summed E-state index contributed by atoms with van der Waals surface area (Å²) in [5.74, 6) is -0.828. The van der Waals surface area contributed by atoms with E-state index in [1.54, 1.807) is 12.3 Å². The van der Waals surface area contributed by atoms with Crippen LogP contribution >= 0.6 is 22.7 Å². The number of alkyl halides is 3. The van der Waals surface area contributed by atoms with Crippen LogP contribution in [0.5, 0.6) is 0 Å². The van der Waals surface area contributed by atoms with Crippen LogP contribution in [0, 0.1) is 6.92 Å². The lowest BCUT2D eigenvalue weighted by Crippen LogP contribution is -2.39. The number of thiazole rings is 2. The Morgan fingerprint density at radius 3 is 2.59 bits per heavy atom. The third kappa shape index (κ3) is 4.24. The van der Waals surface area contributed by atoms with E-state index >= 15 is 0 Å². The van der Waals surface area contributed by atoms with Gasteiger partial charge in [-0.25, -0.2) is 9.97 Å². The summed E-state index contributed by atoms with van der Waals surface area (Å²) in [4.78, 5) is 20.9. The van der Waals surface area contributed by atoms with E-state index in [0.717, 1.165) is 22.7 Å². The van der Waals surface area contributed by atoms with Crippen LogP contribution < -0.4 is 4.90 Å². The molecule has 0 aliphatic carbocycles. The number of aromatic nitrogens is 2. The number of halogens is 3. The molecule has 2 rings (SSSR count). The lowest BCUT2D eigenvalue weighted by molar-refractivity contribution is -0.118. The van der Waals surface area contributed by atoms with Crippen molar-refractivity contribution in [3.63, 3.8) is 0 Å². The Morgan fingerprint density at radius 2 is 2.05 bits per heavy atom. The molecular formula is C12H12F3N3O2S2. The van der Waals surface area contributed by atoms with Gasteiger partial charge in [-0.05, 0) is 6.92 Å². The van der Waals surface area contributed by atoms with Crippen molar-refractivity contribution >= 4 is 33.7 Å². The number of ether oxygens (including phenoxy) is 1. The first-order valence-electron chi connectivity index (χ1n) is 6.04. The predicted molar refractivity (Wildman–Crippen MR) is 77.4 cm³/mol. The van der Waals surface area contributed by atoms with Crippen molar-refractivity contribution in [2.75, 3.05) is 18.6 Å². The fraction of sp³-hybridized carbons (Fsp3) is 0.417. The first-order chi connectivity index (χ1) is 10.3. The van der Waals surface area contributed by atoms with Crippen LogP contribution in [0.4, 0.5) is 18.3 Å². The maximum Gasteiger partial charge on any atom is 0.406 e. The quantitative estimate of drug-likeness (QED) is 0.830. The number of hydrogen-bond donors (Lipinski definition) is 0. The van der Waals surface area contributed by atoms with E-state index in [1.165, 1.54) is 12.5 Å². The van der Waals surface area contributed by atoms with E-state index in [0.29, 0.717) is 15.6 Å². The molecule has 0 N–H and O–H groups in total. The van der Waals surface area contributed by atoms with Gasteiger partial charge < -0.3 is 4.74 Å². The Labute approximate surface area is 132 Å². The number of carbonyl (C=O) groups is 1. The van der Waals surface area contributed by atoms with Gasteiger partial charge >= 0.3 is 6.18 Å². The number of hydrogen-bond acceptors (Lipinski definition) is 6. The highest BCUT2D eigenvalue weighted by molar-refractivity contribution is 7.14. The van der Waals surface area contributed by atoms with Gasteiger partial charge in [0.1, 0.15) is 17.2 Å². The van der Waals surface area contributed by atoms with Crippen LogP contribution in [0.2, 0.25) is 0 Å². The van der Waals surface area contributed by atoms with Gasteiger partial charge in [0.15, 0.2) is 5.13 Å². The number of methoxy groups -OCH3 is 1. The monoisotopic (exact) mass is 351 g/mol. The number of amides is 1. The predicted octanol–water partition coefficient (Wildman–Crippen LogP) is 3.26. The van der Waals surface area contributed by atoms with Crippen LogP contribution in [0.3, 0.4) is 0 Å².